The Balaban J connectivity index is 0. The number of carbonyl (C=O) groups is 1. The van der Waals surface area contributed by atoms with Crippen LogP contribution in [0.25, 0.3) is 0 Å². The summed E-state index contributed by atoms with van der Waals surface area (Å²) in [5.41, 5.74) is 0. The molecule has 0 amide bonds. The van der Waals surface area contributed by atoms with Crippen LogP contribution in [-0.4, -0.2) is 63.9 Å². The second-order valence-corrected chi connectivity index (χ2v) is 3.40. The number of ether oxygens (including phenoxy) is 4. The summed E-state index contributed by atoms with van der Waals surface area (Å²) < 4.78 is 19.7. The summed E-state index contributed by atoms with van der Waals surface area (Å²) in [7, 11) is 0. The first-order valence-corrected chi connectivity index (χ1v) is 6.86. The molecule has 0 fully saturated rings. The van der Waals surface area contributed by atoms with Gasteiger partial charge in [-0.25, -0.2) is 4.79 Å². The molecule has 0 aliphatic rings. The monoisotopic (exact) mass is 292 g/mol. The van der Waals surface area contributed by atoms with Gasteiger partial charge >= 0.3 is 5.97 Å². The van der Waals surface area contributed by atoms with Gasteiger partial charge in [0.2, 0.25) is 0 Å². The zero-order chi connectivity index (χ0) is 15.5. The first-order valence-electron chi connectivity index (χ1n) is 6.86. The molecule has 6 heteroatoms. The van der Waals surface area contributed by atoms with Gasteiger partial charge < -0.3 is 24.1 Å². The smallest absolute Gasteiger partial charge is 0.330 e. The third kappa shape index (κ3) is 22.2. The molecule has 0 unspecified atom stereocenters. The van der Waals surface area contributed by atoms with Crippen LogP contribution in [-0.2, 0) is 23.7 Å². The number of carbonyl (C=O) groups excluding carboxylic acids is 1. The van der Waals surface area contributed by atoms with Gasteiger partial charge in [0.1, 0.15) is 6.61 Å². The minimum absolute atomic E-state index is 0.0148. The quantitative estimate of drug-likeness (QED) is 0.350. The first kappa shape index (κ1) is 21.4. The van der Waals surface area contributed by atoms with Crippen molar-refractivity contribution in [2.45, 2.75) is 20.8 Å². The Hall–Kier alpha value is -0.950. The fourth-order valence-electron chi connectivity index (χ4n) is 0.976. The third-order valence-electron chi connectivity index (χ3n) is 1.79. The van der Waals surface area contributed by atoms with Crippen LogP contribution >= 0.6 is 0 Å². The topological polar surface area (TPSA) is 74.2 Å². The fourth-order valence-corrected chi connectivity index (χ4v) is 0.976. The lowest BCUT2D eigenvalue weighted by Gasteiger charge is -2.04. The van der Waals surface area contributed by atoms with Crippen molar-refractivity contribution in [1.29, 1.82) is 0 Å². The van der Waals surface area contributed by atoms with Crippen LogP contribution in [0.3, 0.4) is 0 Å². The highest BCUT2D eigenvalue weighted by atomic mass is 16.6. The maximum absolute atomic E-state index is 10.8. The van der Waals surface area contributed by atoms with E-state index in [0.29, 0.717) is 26.4 Å². The number of esters is 1. The summed E-state index contributed by atoms with van der Waals surface area (Å²) in [6.07, 6.45) is 2.97. The molecule has 0 saturated heterocycles. The molecule has 0 aromatic carbocycles. The molecule has 0 radical (unpaired) electrons. The van der Waals surface area contributed by atoms with E-state index in [4.69, 9.17) is 24.1 Å². The maximum Gasteiger partial charge on any atom is 0.330 e. The molecule has 0 aromatic heterocycles. The molecule has 0 aliphatic heterocycles. The molecule has 0 aliphatic carbocycles. The molecule has 20 heavy (non-hydrogen) atoms. The Kier molecular flexibility index (Phi) is 21.7. The van der Waals surface area contributed by atoms with Crippen LogP contribution in [0.5, 0.6) is 0 Å². The van der Waals surface area contributed by atoms with Gasteiger partial charge in [-0.2, -0.15) is 0 Å². The van der Waals surface area contributed by atoms with Crippen molar-refractivity contribution >= 4 is 5.97 Å². The van der Waals surface area contributed by atoms with Crippen LogP contribution in [0.15, 0.2) is 12.2 Å². The van der Waals surface area contributed by atoms with Gasteiger partial charge in [-0.1, -0.05) is 6.08 Å². The normalized spacial score (nSPS) is 10.2. The van der Waals surface area contributed by atoms with Gasteiger partial charge in [0, 0.05) is 19.3 Å². The highest BCUT2D eigenvalue weighted by molar-refractivity contribution is 5.81. The molecule has 120 valence electrons. The minimum Gasteiger partial charge on any atom is -0.460 e. The second-order valence-electron chi connectivity index (χ2n) is 3.40. The van der Waals surface area contributed by atoms with E-state index in [1.807, 2.05) is 13.8 Å². The predicted molar refractivity (Wildman–Crippen MR) is 76.7 cm³/mol. The van der Waals surface area contributed by atoms with Crippen molar-refractivity contribution in [3.8, 4) is 0 Å². The Labute approximate surface area is 121 Å². The first-order chi connectivity index (χ1) is 9.72. The number of rotatable bonds is 11. The van der Waals surface area contributed by atoms with Crippen molar-refractivity contribution in [2.75, 3.05) is 52.9 Å². The van der Waals surface area contributed by atoms with Gasteiger partial charge in [0.05, 0.1) is 33.0 Å². The largest absolute Gasteiger partial charge is 0.460 e. The van der Waals surface area contributed by atoms with Crippen molar-refractivity contribution in [1.82, 2.24) is 0 Å². The minimum atomic E-state index is -0.363. The van der Waals surface area contributed by atoms with Crippen LogP contribution < -0.4 is 0 Å². The Morgan fingerprint density at radius 1 is 0.950 bits per heavy atom. The molecule has 0 bridgehead atoms. The fraction of sp³-hybridized carbons (Fsp3) is 0.786. The highest BCUT2D eigenvalue weighted by Crippen LogP contribution is 1.83. The van der Waals surface area contributed by atoms with E-state index in [9.17, 15) is 4.79 Å². The van der Waals surface area contributed by atoms with Crippen molar-refractivity contribution in [3.05, 3.63) is 12.2 Å². The van der Waals surface area contributed by atoms with Crippen LogP contribution in [0.2, 0.25) is 0 Å². The van der Waals surface area contributed by atoms with E-state index in [-0.39, 0.29) is 19.2 Å². The van der Waals surface area contributed by atoms with Gasteiger partial charge in [-0.3, -0.25) is 0 Å². The molecule has 0 saturated carbocycles. The summed E-state index contributed by atoms with van der Waals surface area (Å²) in [6.45, 7) is 9.20. The van der Waals surface area contributed by atoms with Gasteiger partial charge in [0.25, 0.3) is 0 Å². The Morgan fingerprint density at radius 3 is 1.95 bits per heavy atom. The van der Waals surface area contributed by atoms with Crippen LogP contribution in [0.4, 0.5) is 0 Å². The van der Waals surface area contributed by atoms with Gasteiger partial charge in [-0.05, 0) is 20.8 Å². The summed E-state index contributed by atoms with van der Waals surface area (Å²) in [4.78, 5) is 10.8. The summed E-state index contributed by atoms with van der Waals surface area (Å²) >= 11 is 0. The number of aliphatic hydroxyl groups excluding tert-OH is 1. The van der Waals surface area contributed by atoms with Crippen LogP contribution in [0.1, 0.15) is 20.8 Å². The lowest BCUT2D eigenvalue weighted by Crippen LogP contribution is -2.12. The van der Waals surface area contributed by atoms with E-state index in [1.54, 1.807) is 13.0 Å². The molecular formula is C14H28O6. The van der Waals surface area contributed by atoms with Gasteiger partial charge in [0.15, 0.2) is 0 Å². The zero-order valence-corrected chi connectivity index (χ0v) is 12.8. The summed E-state index contributed by atoms with van der Waals surface area (Å²) in [5, 5.41) is 8.39. The van der Waals surface area contributed by atoms with Crippen LogP contribution in [0, 0.1) is 0 Å². The molecule has 0 heterocycles. The van der Waals surface area contributed by atoms with Crippen molar-refractivity contribution in [2.24, 2.45) is 0 Å². The van der Waals surface area contributed by atoms with E-state index < -0.39 is 0 Å². The number of allylic oxidation sites excluding steroid dienone is 1. The molecule has 0 atom stereocenters. The molecule has 0 aromatic rings. The van der Waals surface area contributed by atoms with Crippen molar-refractivity contribution < 1.29 is 28.8 Å². The molecular weight excluding hydrogens is 264 g/mol. The second kappa shape index (κ2) is 20.4. The molecule has 1 N–H and O–H groups in total. The predicted octanol–water partition coefficient (Wildman–Crippen LogP) is 1.17. The lowest BCUT2D eigenvalue weighted by molar-refractivity contribution is -0.139. The molecule has 0 spiro atoms. The molecule has 6 nitrogen and oxygen atoms in total. The zero-order valence-electron chi connectivity index (χ0n) is 12.8. The average molecular weight is 292 g/mol. The SMILES string of the molecule is C/C=C/C(=O)OCCOCCOCCO.CCOCC. The number of hydrogen-bond donors (Lipinski definition) is 1. The van der Waals surface area contributed by atoms with Crippen molar-refractivity contribution in [3.63, 3.8) is 0 Å². The lowest BCUT2D eigenvalue weighted by atomic mass is 10.5. The standard InChI is InChI=1S/C10H18O5.C4H10O/c1-2-3-10(12)15-9-8-14-7-6-13-5-4-11;1-3-5-4-2/h2-3,11H,4-9H2,1H3;3-4H2,1-2H3/b3-2+;. The number of aliphatic hydroxyl groups is 1. The van der Waals surface area contributed by atoms with E-state index >= 15 is 0 Å². The third-order valence-corrected chi connectivity index (χ3v) is 1.79. The Morgan fingerprint density at radius 2 is 1.50 bits per heavy atom. The summed E-state index contributed by atoms with van der Waals surface area (Å²) in [5.74, 6) is -0.363. The maximum atomic E-state index is 10.8. The van der Waals surface area contributed by atoms with E-state index in [0.717, 1.165) is 13.2 Å². The summed E-state index contributed by atoms with van der Waals surface area (Å²) in [6, 6.07) is 0. The molecule has 0 rings (SSSR count). The average Bonchev–Trinajstić information content (AvgIpc) is 2.44. The number of hydrogen-bond acceptors (Lipinski definition) is 6. The Bertz CT molecular complexity index is 216. The van der Waals surface area contributed by atoms with Gasteiger partial charge in [-0.15, -0.1) is 0 Å². The highest BCUT2D eigenvalue weighted by Gasteiger charge is 1.95. The van der Waals surface area contributed by atoms with E-state index in [1.165, 1.54) is 6.08 Å². The van der Waals surface area contributed by atoms with E-state index in [2.05, 4.69) is 0 Å².